The van der Waals surface area contributed by atoms with E-state index in [0.29, 0.717) is 36.0 Å². The second kappa shape index (κ2) is 11.9. The lowest BCUT2D eigenvalue weighted by atomic mass is 9.74. The van der Waals surface area contributed by atoms with Crippen molar-refractivity contribution in [1.82, 2.24) is 15.2 Å². The average molecular weight is 605 g/mol. The normalized spacial score (nSPS) is 22.7. The van der Waals surface area contributed by atoms with Gasteiger partial charge in [0.1, 0.15) is 0 Å². The van der Waals surface area contributed by atoms with Crippen molar-refractivity contribution < 1.29 is 35.9 Å². The number of carbonyl (C=O) groups excluding carboxylic acids is 2. The van der Waals surface area contributed by atoms with Crippen LogP contribution in [0.25, 0.3) is 0 Å². The third-order valence-corrected chi connectivity index (χ3v) is 9.51. The van der Waals surface area contributed by atoms with Crippen LogP contribution < -0.4 is 10.6 Å². The summed E-state index contributed by atoms with van der Waals surface area (Å²) >= 11 is 1.48. The zero-order valence-electron chi connectivity index (χ0n) is 23.1. The van der Waals surface area contributed by atoms with Gasteiger partial charge in [0, 0.05) is 30.6 Å². The van der Waals surface area contributed by atoms with Gasteiger partial charge in [0.2, 0.25) is 11.8 Å². The van der Waals surface area contributed by atoms with Crippen LogP contribution in [-0.4, -0.2) is 40.8 Å². The molecule has 0 unspecified atom stereocenters. The third kappa shape index (κ3) is 7.22. The summed E-state index contributed by atoms with van der Waals surface area (Å²) in [5.41, 5.74) is -3.81. The Balaban J connectivity index is 1.39. The van der Waals surface area contributed by atoms with Crippen molar-refractivity contribution in [2.45, 2.75) is 83.7 Å². The van der Waals surface area contributed by atoms with Gasteiger partial charge in [0.25, 0.3) is 0 Å². The molecule has 0 radical (unpaired) electrons. The van der Waals surface area contributed by atoms with Gasteiger partial charge < -0.3 is 15.5 Å². The van der Waals surface area contributed by atoms with E-state index in [-0.39, 0.29) is 35.4 Å². The number of alkyl halides is 6. The van der Waals surface area contributed by atoms with Gasteiger partial charge in [-0.15, -0.1) is 11.3 Å². The summed E-state index contributed by atoms with van der Waals surface area (Å²) in [6.07, 6.45) is -4.31. The molecule has 1 aromatic carbocycles. The summed E-state index contributed by atoms with van der Waals surface area (Å²) in [5, 5.41) is 5.95. The number of rotatable bonds is 7. The fourth-order valence-corrected chi connectivity index (χ4v) is 7.10. The van der Waals surface area contributed by atoms with Crippen molar-refractivity contribution in [1.29, 1.82) is 0 Å². The van der Waals surface area contributed by atoms with Crippen LogP contribution in [-0.2, 0) is 28.5 Å². The fourth-order valence-electron chi connectivity index (χ4n) is 6.07. The van der Waals surface area contributed by atoms with E-state index in [4.69, 9.17) is 0 Å². The molecule has 0 bridgehead atoms. The molecule has 226 valence electrons. The molecule has 2 aromatic rings. The maximum atomic E-state index is 13.5. The molecule has 1 saturated heterocycles. The highest BCUT2D eigenvalue weighted by Crippen LogP contribution is 2.47. The van der Waals surface area contributed by atoms with Crippen LogP contribution in [0.3, 0.4) is 0 Å². The van der Waals surface area contributed by atoms with Crippen molar-refractivity contribution in [2.24, 2.45) is 11.3 Å². The van der Waals surface area contributed by atoms with Gasteiger partial charge in [-0.1, -0.05) is 13.8 Å². The third-order valence-electron chi connectivity index (χ3n) is 8.44. The molecule has 2 aliphatic rings. The molecule has 1 aromatic heterocycles. The van der Waals surface area contributed by atoms with Gasteiger partial charge in [-0.05, 0) is 80.8 Å². The smallest absolute Gasteiger partial charge is 0.352 e. The number of nitrogens with one attached hydrogen (secondary N) is 2. The van der Waals surface area contributed by atoms with Gasteiger partial charge in [-0.25, -0.2) is 4.98 Å². The summed E-state index contributed by atoms with van der Waals surface area (Å²) < 4.78 is 79.5. The molecule has 2 atom stereocenters. The van der Waals surface area contributed by atoms with Crippen molar-refractivity contribution >= 4 is 28.3 Å². The predicted molar refractivity (Wildman–Crippen MR) is 143 cm³/mol. The van der Waals surface area contributed by atoms with Gasteiger partial charge in [-0.2, -0.15) is 26.3 Å². The van der Waals surface area contributed by atoms with Crippen LogP contribution in [0.4, 0.5) is 31.5 Å². The SMILES string of the molecule is CC(=O)Nc1ncc(C2CCN([C@@H]3CC[C@@](C(=O)NCc4cc(C(F)(F)F)cc(C(F)(F)F)c4)(C(C)C)C3)CC2)s1. The maximum absolute atomic E-state index is 13.5. The van der Waals surface area contributed by atoms with E-state index in [1.54, 1.807) is 0 Å². The van der Waals surface area contributed by atoms with Gasteiger partial charge in [-0.3, -0.25) is 9.59 Å². The lowest BCUT2D eigenvalue weighted by Crippen LogP contribution is -2.45. The van der Waals surface area contributed by atoms with E-state index in [2.05, 4.69) is 20.5 Å². The minimum absolute atomic E-state index is 0.0679. The van der Waals surface area contributed by atoms with E-state index in [1.807, 2.05) is 20.0 Å². The Bertz CT molecular complexity index is 1220. The van der Waals surface area contributed by atoms with E-state index in [0.717, 1.165) is 37.2 Å². The van der Waals surface area contributed by atoms with Crippen LogP contribution in [0.5, 0.6) is 0 Å². The number of carbonyl (C=O) groups is 2. The van der Waals surface area contributed by atoms with Crippen molar-refractivity contribution in [3.8, 4) is 0 Å². The lowest BCUT2D eigenvalue weighted by molar-refractivity contribution is -0.143. The first kappa shape index (κ1) is 31.3. The van der Waals surface area contributed by atoms with Gasteiger partial charge >= 0.3 is 12.4 Å². The zero-order valence-corrected chi connectivity index (χ0v) is 23.9. The van der Waals surface area contributed by atoms with Gasteiger partial charge in [0.05, 0.1) is 16.5 Å². The highest BCUT2D eigenvalue weighted by atomic mass is 32.1. The molecule has 2 N–H and O–H groups in total. The molecule has 2 amide bonds. The number of nitrogens with zero attached hydrogens (tertiary/aromatic N) is 2. The first-order valence-electron chi connectivity index (χ1n) is 13.6. The molecule has 41 heavy (non-hydrogen) atoms. The molecule has 4 rings (SSSR count). The second-order valence-corrected chi connectivity index (χ2v) is 12.4. The average Bonchev–Trinajstić information content (AvgIpc) is 3.54. The molecule has 1 saturated carbocycles. The summed E-state index contributed by atoms with van der Waals surface area (Å²) in [4.78, 5) is 32.5. The first-order chi connectivity index (χ1) is 19.1. The van der Waals surface area contributed by atoms with Gasteiger partial charge in [0.15, 0.2) is 5.13 Å². The van der Waals surface area contributed by atoms with E-state index in [9.17, 15) is 35.9 Å². The number of aromatic nitrogens is 1. The summed E-state index contributed by atoms with van der Waals surface area (Å²) in [6, 6.07) is 1.55. The summed E-state index contributed by atoms with van der Waals surface area (Å²) in [6.45, 7) is 6.54. The van der Waals surface area contributed by atoms with Crippen LogP contribution >= 0.6 is 11.3 Å². The minimum atomic E-state index is -4.95. The number of thiazole rings is 1. The van der Waals surface area contributed by atoms with Crippen molar-refractivity contribution in [3.63, 3.8) is 0 Å². The Morgan fingerprint density at radius 2 is 1.66 bits per heavy atom. The van der Waals surface area contributed by atoms with Crippen LogP contribution in [0.15, 0.2) is 24.4 Å². The molecular weight excluding hydrogens is 570 g/mol. The number of hydrogen-bond donors (Lipinski definition) is 2. The number of amides is 2. The fraction of sp³-hybridized carbons (Fsp3) is 0.607. The molecule has 6 nitrogen and oxygen atoms in total. The monoisotopic (exact) mass is 604 g/mol. The summed E-state index contributed by atoms with van der Waals surface area (Å²) in [7, 11) is 0. The highest BCUT2D eigenvalue weighted by molar-refractivity contribution is 7.15. The van der Waals surface area contributed by atoms with E-state index in [1.165, 1.54) is 18.3 Å². The summed E-state index contributed by atoms with van der Waals surface area (Å²) in [5.74, 6) is -0.243. The maximum Gasteiger partial charge on any atom is 0.416 e. The number of piperidine rings is 1. The number of halogens is 6. The van der Waals surface area contributed by atoms with Crippen LogP contribution in [0.2, 0.25) is 0 Å². The van der Waals surface area contributed by atoms with E-state index >= 15 is 0 Å². The number of benzene rings is 1. The number of hydrogen-bond acceptors (Lipinski definition) is 5. The zero-order chi connectivity index (χ0) is 30.2. The van der Waals surface area contributed by atoms with Crippen molar-refractivity contribution in [2.75, 3.05) is 18.4 Å². The number of anilines is 1. The first-order valence-corrected chi connectivity index (χ1v) is 14.4. The van der Waals surface area contributed by atoms with Crippen LogP contribution in [0, 0.1) is 11.3 Å². The molecular formula is C28H34F6N4O2S. The van der Waals surface area contributed by atoms with Crippen LogP contribution in [0.1, 0.15) is 80.4 Å². The molecule has 13 heteroatoms. The quantitative estimate of drug-likeness (QED) is 0.340. The standard InChI is InChI=1S/C28H34F6N4O2S/c1-16(2)26(24(40)35-14-18-10-20(27(29,30)31)12-21(11-18)28(32,33)34)7-4-22(13-26)38-8-5-19(6-9-38)23-15-36-25(41-23)37-17(3)39/h10-12,15-16,19,22H,4-9,13-14H2,1-3H3,(H,35,40)(H,36,37,39)/t22-,26+/m1/s1. The Morgan fingerprint density at radius 1 is 1.05 bits per heavy atom. The topological polar surface area (TPSA) is 74.3 Å². The molecule has 1 aliphatic heterocycles. The molecule has 2 fully saturated rings. The van der Waals surface area contributed by atoms with Crippen molar-refractivity contribution in [3.05, 3.63) is 46.0 Å². The Labute approximate surface area is 238 Å². The Hall–Kier alpha value is -2.67. The second-order valence-electron chi connectivity index (χ2n) is 11.4. The molecule has 1 aliphatic carbocycles. The largest absolute Gasteiger partial charge is 0.416 e. The lowest BCUT2D eigenvalue weighted by Gasteiger charge is -2.38. The molecule has 2 heterocycles. The Kier molecular flexibility index (Phi) is 9.08. The van der Waals surface area contributed by atoms with E-state index < -0.39 is 35.4 Å². The minimum Gasteiger partial charge on any atom is -0.352 e. The number of likely N-dealkylation sites (tertiary alicyclic amines) is 1. The highest BCUT2D eigenvalue weighted by Gasteiger charge is 2.49. The predicted octanol–water partition coefficient (Wildman–Crippen LogP) is 6.83. The Morgan fingerprint density at radius 3 is 2.20 bits per heavy atom. The molecule has 0 spiro atoms.